The third-order valence-electron chi connectivity index (χ3n) is 4.02. The smallest absolute Gasteiger partial charge is 0.134 e. The van der Waals surface area contributed by atoms with Gasteiger partial charge in [-0.15, -0.1) is 0 Å². The van der Waals surface area contributed by atoms with E-state index >= 15 is 0 Å². The standard InChI is InChI=1S/C15H24BrN3S/c1-11(2)14-18-12(16)9-13(19-14)17-10-15(20-3)7-5-4-6-8-15/h9,11H,4-8,10H2,1-3H3,(H,17,18,19). The normalized spacial score (nSPS) is 18.2. The van der Waals surface area contributed by atoms with Crippen molar-refractivity contribution in [1.82, 2.24) is 9.97 Å². The average Bonchev–Trinajstić information content (AvgIpc) is 2.45. The number of halogens is 1. The molecule has 1 aromatic heterocycles. The van der Waals surface area contributed by atoms with Crippen molar-refractivity contribution in [2.45, 2.75) is 56.6 Å². The Morgan fingerprint density at radius 1 is 1.30 bits per heavy atom. The number of hydrogen-bond acceptors (Lipinski definition) is 4. The van der Waals surface area contributed by atoms with Crippen molar-refractivity contribution < 1.29 is 0 Å². The predicted octanol–water partition coefficient (Wildman–Crippen LogP) is 4.84. The first-order chi connectivity index (χ1) is 9.54. The van der Waals surface area contributed by atoms with Crippen molar-refractivity contribution in [3.05, 3.63) is 16.5 Å². The van der Waals surface area contributed by atoms with Gasteiger partial charge in [0.2, 0.25) is 0 Å². The summed E-state index contributed by atoms with van der Waals surface area (Å²) in [4.78, 5) is 9.05. The maximum Gasteiger partial charge on any atom is 0.134 e. The number of aromatic nitrogens is 2. The third kappa shape index (κ3) is 4.10. The van der Waals surface area contributed by atoms with Gasteiger partial charge in [0.15, 0.2) is 0 Å². The molecule has 2 rings (SSSR count). The van der Waals surface area contributed by atoms with Crippen LogP contribution in [0.1, 0.15) is 57.7 Å². The Labute approximate surface area is 134 Å². The van der Waals surface area contributed by atoms with Crippen LogP contribution in [0.25, 0.3) is 0 Å². The van der Waals surface area contributed by atoms with E-state index in [0.29, 0.717) is 10.7 Å². The Kier molecular flexibility index (Phi) is 5.73. The number of nitrogens with one attached hydrogen (secondary N) is 1. The maximum absolute atomic E-state index is 4.62. The fraction of sp³-hybridized carbons (Fsp3) is 0.733. The highest BCUT2D eigenvalue weighted by atomic mass is 79.9. The molecule has 0 atom stereocenters. The lowest BCUT2D eigenvalue weighted by molar-refractivity contribution is 0.411. The Balaban J connectivity index is 2.06. The fourth-order valence-electron chi connectivity index (χ4n) is 2.68. The van der Waals surface area contributed by atoms with Gasteiger partial charge >= 0.3 is 0 Å². The first-order valence-corrected chi connectivity index (χ1v) is 9.40. The van der Waals surface area contributed by atoms with Gasteiger partial charge in [0, 0.05) is 23.3 Å². The van der Waals surface area contributed by atoms with Gasteiger partial charge < -0.3 is 5.32 Å². The largest absolute Gasteiger partial charge is 0.369 e. The van der Waals surface area contributed by atoms with Crippen molar-refractivity contribution in [3.8, 4) is 0 Å². The summed E-state index contributed by atoms with van der Waals surface area (Å²) < 4.78 is 1.24. The van der Waals surface area contributed by atoms with Gasteiger partial charge in [0.05, 0.1) is 0 Å². The van der Waals surface area contributed by atoms with Crippen molar-refractivity contribution in [2.24, 2.45) is 0 Å². The Morgan fingerprint density at radius 2 is 2.00 bits per heavy atom. The Bertz CT molecular complexity index is 445. The first kappa shape index (κ1) is 16.1. The van der Waals surface area contributed by atoms with Crippen molar-refractivity contribution in [3.63, 3.8) is 0 Å². The minimum Gasteiger partial charge on any atom is -0.369 e. The molecule has 0 aromatic carbocycles. The van der Waals surface area contributed by atoms with Gasteiger partial charge in [-0.2, -0.15) is 11.8 Å². The van der Waals surface area contributed by atoms with E-state index in [1.54, 1.807) is 0 Å². The minimum atomic E-state index is 0.345. The fourth-order valence-corrected chi connectivity index (χ4v) is 4.00. The molecule has 1 aliphatic rings. The van der Waals surface area contributed by atoms with Crippen LogP contribution in [0.3, 0.4) is 0 Å². The van der Waals surface area contributed by atoms with E-state index in [4.69, 9.17) is 0 Å². The molecule has 1 aromatic rings. The number of nitrogens with zero attached hydrogens (tertiary/aromatic N) is 2. The quantitative estimate of drug-likeness (QED) is 0.765. The lowest BCUT2D eigenvalue weighted by Gasteiger charge is -2.36. The number of rotatable bonds is 5. The summed E-state index contributed by atoms with van der Waals surface area (Å²) in [5.41, 5.74) is 0. The van der Waals surface area contributed by atoms with Gasteiger partial charge in [0.25, 0.3) is 0 Å². The van der Waals surface area contributed by atoms with Crippen LogP contribution in [-0.4, -0.2) is 27.5 Å². The van der Waals surface area contributed by atoms with E-state index in [2.05, 4.69) is 51.3 Å². The van der Waals surface area contributed by atoms with Crippen LogP contribution in [0.5, 0.6) is 0 Å². The summed E-state index contributed by atoms with van der Waals surface area (Å²) in [5.74, 6) is 2.18. The predicted molar refractivity (Wildman–Crippen MR) is 91.6 cm³/mol. The average molecular weight is 358 g/mol. The third-order valence-corrected chi connectivity index (χ3v) is 5.84. The Hall–Kier alpha value is -0.290. The zero-order valence-electron chi connectivity index (χ0n) is 12.6. The SMILES string of the molecule is CSC1(CNc2cc(Br)nc(C(C)C)n2)CCCCC1. The Morgan fingerprint density at radius 3 is 2.60 bits per heavy atom. The molecule has 0 aliphatic heterocycles. The number of anilines is 1. The van der Waals surface area contributed by atoms with E-state index in [9.17, 15) is 0 Å². The molecule has 0 amide bonds. The maximum atomic E-state index is 4.62. The lowest BCUT2D eigenvalue weighted by atomic mass is 9.88. The van der Waals surface area contributed by atoms with E-state index in [-0.39, 0.29) is 0 Å². The molecule has 20 heavy (non-hydrogen) atoms. The topological polar surface area (TPSA) is 37.8 Å². The number of thioether (sulfide) groups is 1. The van der Waals surface area contributed by atoms with Crippen molar-refractivity contribution >= 4 is 33.5 Å². The van der Waals surface area contributed by atoms with Gasteiger partial charge in [-0.3, -0.25) is 0 Å². The van der Waals surface area contributed by atoms with Crippen LogP contribution in [0, 0.1) is 0 Å². The highest BCUT2D eigenvalue weighted by Gasteiger charge is 2.30. The van der Waals surface area contributed by atoms with E-state index < -0.39 is 0 Å². The van der Waals surface area contributed by atoms with E-state index in [0.717, 1.165) is 22.8 Å². The monoisotopic (exact) mass is 357 g/mol. The second-order valence-corrected chi connectivity index (χ2v) is 7.98. The lowest BCUT2D eigenvalue weighted by Crippen LogP contribution is -2.35. The van der Waals surface area contributed by atoms with Gasteiger partial charge in [-0.1, -0.05) is 33.1 Å². The van der Waals surface area contributed by atoms with Gasteiger partial charge in [0.1, 0.15) is 16.2 Å². The van der Waals surface area contributed by atoms with Gasteiger partial charge in [-0.05, 0) is 35.0 Å². The highest BCUT2D eigenvalue weighted by molar-refractivity contribution is 9.10. The summed E-state index contributed by atoms with van der Waals surface area (Å²) in [6.45, 7) is 5.24. The second kappa shape index (κ2) is 7.12. The van der Waals surface area contributed by atoms with Crippen LogP contribution in [0.2, 0.25) is 0 Å². The van der Waals surface area contributed by atoms with Crippen LogP contribution >= 0.6 is 27.7 Å². The van der Waals surface area contributed by atoms with Gasteiger partial charge in [-0.25, -0.2) is 9.97 Å². The van der Waals surface area contributed by atoms with E-state index in [1.165, 1.54) is 32.1 Å². The molecule has 1 aliphatic carbocycles. The molecule has 1 heterocycles. The second-order valence-electron chi connectivity index (χ2n) is 5.89. The van der Waals surface area contributed by atoms with Crippen LogP contribution in [0.15, 0.2) is 10.7 Å². The van der Waals surface area contributed by atoms with Crippen molar-refractivity contribution in [1.29, 1.82) is 0 Å². The van der Waals surface area contributed by atoms with E-state index in [1.807, 2.05) is 17.8 Å². The first-order valence-electron chi connectivity index (χ1n) is 7.38. The molecule has 1 fully saturated rings. The molecule has 3 nitrogen and oxygen atoms in total. The summed E-state index contributed by atoms with van der Waals surface area (Å²) >= 11 is 5.49. The molecule has 5 heteroatoms. The molecule has 1 saturated carbocycles. The summed E-state index contributed by atoms with van der Waals surface area (Å²) in [5, 5.41) is 3.54. The molecular weight excluding hydrogens is 334 g/mol. The van der Waals surface area contributed by atoms with Crippen LogP contribution in [0.4, 0.5) is 5.82 Å². The summed E-state index contributed by atoms with van der Waals surface area (Å²) in [6, 6.07) is 1.97. The molecule has 112 valence electrons. The molecule has 0 unspecified atom stereocenters. The minimum absolute atomic E-state index is 0.345. The highest BCUT2D eigenvalue weighted by Crippen LogP contribution is 2.38. The summed E-state index contributed by atoms with van der Waals surface area (Å²) in [6.07, 6.45) is 8.96. The molecule has 1 N–H and O–H groups in total. The molecule has 0 spiro atoms. The van der Waals surface area contributed by atoms with Crippen LogP contribution in [-0.2, 0) is 0 Å². The van der Waals surface area contributed by atoms with Crippen molar-refractivity contribution in [2.75, 3.05) is 18.1 Å². The summed E-state index contributed by atoms with van der Waals surface area (Å²) in [7, 11) is 0. The molecule has 0 radical (unpaired) electrons. The van der Waals surface area contributed by atoms with Crippen LogP contribution < -0.4 is 5.32 Å². The molecular formula is C15H24BrN3S. The zero-order valence-corrected chi connectivity index (χ0v) is 15.0. The zero-order chi connectivity index (χ0) is 14.6. The molecule has 0 saturated heterocycles. The molecule has 0 bridgehead atoms. The number of hydrogen-bond donors (Lipinski definition) is 1.